The maximum absolute atomic E-state index is 12.4. The lowest BCUT2D eigenvalue weighted by atomic mass is 10.1. The summed E-state index contributed by atoms with van der Waals surface area (Å²) in [7, 11) is 1.55. The minimum Gasteiger partial charge on any atom is -0.495 e. The summed E-state index contributed by atoms with van der Waals surface area (Å²) < 4.78 is 6.17. The molecule has 0 radical (unpaired) electrons. The van der Waals surface area contributed by atoms with Gasteiger partial charge in [0.1, 0.15) is 5.75 Å². The summed E-state index contributed by atoms with van der Waals surface area (Å²) in [4.78, 5) is 29.0. The largest absolute Gasteiger partial charge is 0.495 e. The van der Waals surface area contributed by atoms with Gasteiger partial charge in [0.2, 0.25) is 0 Å². The average Bonchev–Trinajstić information content (AvgIpc) is 2.76. The first-order valence-electron chi connectivity index (χ1n) is 9.17. The van der Waals surface area contributed by atoms with E-state index >= 15 is 0 Å². The third-order valence-corrected chi connectivity index (χ3v) is 4.81. The van der Waals surface area contributed by atoms with Crippen LogP contribution in [0.3, 0.4) is 0 Å². The molecule has 0 bridgehead atoms. The Morgan fingerprint density at radius 2 is 1.83 bits per heavy atom. The van der Waals surface area contributed by atoms with Crippen LogP contribution in [0.25, 0.3) is 11.3 Å². The van der Waals surface area contributed by atoms with Crippen LogP contribution in [-0.4, -0.2) is 30.5 Å². The Labute approximate surface area is 183 Å². The van der Waals surface area contributed by atoms with Crippen molar-refractivity contribution in [1.29, 1.82) is 0 Å². The van der Waals surface area contributed by atoms with Crippen LogP contribution < -0.4 is 20.9 Å². The second-order valence-corrected chi connectivity index (χ2v) is 7.31. The maximum atomic E-state index is 12.4. The summed E-state index contributed by atoms with van der Waals surface area (Å²) in [6.45, 7) is 1.72. The number of rotatable bonds is 6. The second kappa shape index (κ2) is 9.89. The zero-order valence-corrected chi connectivity index (χ0v) is 18.1. The molecular weight excluding hydrogens is 448 g/mol. The van der Waals surface area contributed by atoms with Gasteiger partial charge in [0.25, 0.3) is 11.8 Å². The van der Waals surface area contributed by atoms with Crippen LogP contribution in [0.5, 0.6) is 5.75 Å². The predicted octanol–water partition coefficient (Wildman–Crippen LogP) is 3.70. The molecule has 0 saturated carbocycles. The molecule has 3 aromatic rings. The fourth-order valence-electron chi connectivity index (χ4n) is 2.81. The van der Waals surface area contributed by atoms with Crippen molar-refractivity contribution in [2.24, 2.45) is 0 Å². The first-order valence-corrected chi connectivity index (χ1v) is 9.97. The van der Waals surface area contributed by atoms with Crippen molar-refractivity contribution in [2.75, 3.05) is 19.0 Å². The zero-order valence-electron chi connectivity index (χ0n) is 16.5. The first kappa shape index (κ1) is 21.3. The Kier molecular flexibility index (Phi) is 7.03. The van der Waals surface area contributed by atoms with Gasteiger partial charge in [-0.15, -0.1) is 0 Å². The highest BCUT2D eigenvalue weighted by atomic mass is 79.9. The predicted molar refractivity (Wildman–Crippen MR) is 119 cm³/mol. The van der Waals surface area contributed by atoms with E-state index in [-0.39, 0.29) is 6.54 Å². The van der Waals surface area contributed by atoms with Gasteiger partial charge >= 0.3 is 0 Å². The quantitative estimate of drug-likeness (QED) is 0.479. The molecule has 154 valence electrons. The standard InChI is InChI=1S/C22H21BrN4O3/c1-14-17(10-11-18(25-14)15-6-5-7-16(23)12-15)22(29)27-26-21(28)13-24-19-8-3-4-9-20(19)30-2/h3-12,24H,13H2,1-2H3,(H,26,28)(H,27,29). The highest BCUT2D eigenvalue weighted by molar-refractivity contribution is 9.10. The molecular formula is C22H21BrN4O3. The number of anilines is 1. The van der Waals surface area contributed by atoms with Gasteiger partial charge in [-0.2, -0.15) is 0 Å². The van der Waals surface area contributed by atoms with Gasteiger partial charge in [0, 0.05) is 10.0 Å². The third-order valence-electron chi connectivity index (χ3n) is 4.31. The number of ether oxygens (including phenoxy) is 1. The molecule has 3 rings (SSSR count). The molecule has 0 saturated heterocycles. The number of pyridine rings is 1. The monoisotopic (exact) mass is 468 g/mol. The van der Waals surface area contributed by atoms with E-state index in [0.29, 0.717) is 22.7 Å². The molecule has 3 N–H and O–H groups in total. The average molecular weight is 469 g/mol. The summed E-state index contributed by atoms with van der Waals surface area (Å²) in [5.74, 6) is -0.210. The van der Waals surface area contributed by atoms with Crippen LogP contribution in [-0.2, 0) is 4.79 Å². The summed E-state index contributed by atoms with van der Waals surface area (Å²) in [5.41, 5.74) is 8.14. The van der Waals surface area contributed by atoms with Gasteiger partial charge < -0.3 is 10.1 Å². The van der Waals surface area contributed by atoms with Gasteiger partial charge in [-0.05, 0) is 43.3 Å². The Bertz CT molecular complexity index is 1070. The number of hydrazine groups is 1. The van der Waals surface area contributed by atoms with E-state index < -0.39 is 11.8 Å². The number of aryl methyl sites for hydroxylation is 1. The number of halogens is 1. The Morgan fingerprint density at radius 1 is 1.03 bits per heavy atom. The van der Waals surface area contributed by atoms with E-state index in [1.165, 1.54) is 0 Å². The summed E-state index contributed by atoms with van der Waals surface area (Å²) in [6, 6.07) is 18.5. The zero-order chi connectivity index (χ0) is 21.5. The topological polar surface area (TPSA) is 92.4 Å². The molecule has 0 unspecified atom stereocenters. The van der Waals surface area contributed by atoms with E-state index in [2.05, 4.69) is 37.1 Å². The van der Waals surface area contributed by atoms with Crippen molar-refractivity contribution in [3.8, 4) is 17.0 Å². The number of hydrogen-bond acceptors (Lipinski definition) is 5. The van der Waals surface area contributed by atoms with Gasteiger partial charge in [-0.25, -0.2) is 0 Å². The molecule has 0 fully saturated rings. The van der Waals surface area contributed by atoms with Crippen LogP contribution in [0, 0.1) is 6.92 Å². The van der Waals surface area contributed by atoms with Gasteiger partial charge in [-0.1, -0.05) is 40.2 Å². The molecule has 1 aromatic heterocycles. The number of nitrogens with one attached hydrogen (secondary N) is 3. The van der Waals surface area contributed by atoms with Gasteiger partial charge in [0.05, 0.1) is 36.3 Å². The van der Waals surface area contributed by atoms with Crippen molar-refractivity contribution in [1.82, 2.24) is 15.8 Å². The van der Waals surface area contributed by atoms with E-state index in [1.807, 2.05) is 36.4 Å². The maximum Gasteiger partial charge on any atom is 0.271 e. The highest BCUT2D eigenvalue weighted by Gasteiger charge is 2.13. The third kappa shape index (κ3) is 5.36. The number of carbonyl (C=O) groups is 2. The van der Waals surface area contributed by atoms with Crippen molar-refractivity contribution >= 4 is 33.4 Å². The van der Waals surface area contributed by atoms with Crippen molar-refractivity contribution in [3.05, 3.63) is 76.4 Å². The SMILES string of the molecule is COc1ccccc1NCC(=O)NNC(=O)c1ccc(-c2cccc(Br)c2)nc1C. The van der Waals surface area contributed by atoms with Crippen LogP contribution in [0.2, 0.25) is 0 Å². The Balaban J connectivity index is 1.57. The number of benzene rings is 2. The molecule has 8 heteroatoms. The van der Waals surface area contributed by atoms with Gasteiger partial charge in [0.15, 0.2) is 0 Å². The Morgan fingerprint density at radius 3 is 2.57 bits per heavy atom. The van der Waals surface area contributed by atoms with Crippen molar-refractivity contribution in [2.45, 2.75) is 6.92 Å². The minimum absolute atomic E-state index is 0.0281. The summed E-state index contributed by atoms with van der Waals surface area (Å²) in [6.07, 6.45) is 0. The molecule has 2 amide bonds. The lowest BCUT2D eigenvalue weighted by Crippen LogP contribution is -2.44. The Hall–Kier alpha value is -3.39. The van der Waals surface area contributed by atoms with Crippen LogP contribution in [0.4, 0.5) is 5.69 Å². The molecule has 7 nitrogen and oxygen atoms in total. The van der Waals surface area contributed by atoms with E-state index in [1.54, 1.807) is 38.3 Å². The number of amides is 2. The summed E-state index contributed by atoms with van der Waals surface area (Å²) >= 11 is 3.44. The number of hydrogen-bond donors (Lipinski definition) is 3. The minimum atomic E-state index is -0.438. The molecule has 30 heavy (non-hydrogen) atoms. The lowest BCUT2D eigenvalue weighted by Gasteiger charge is -2.12. The van der Waals surface area contributed by atoms with Crippen LogP contribution in [0.1, 0.15) is 16.1 Å². The van der Waals surface area contributed by atoms with E-state index in [0.717, 1.165) is 15.7 Å². The second-order valence-electron chi connectivity index (χ2n) is 6.40. The fraction of sp³-hybridized carbons (Fsp3) is 0.136. The number of para-hydroxylation sites is 2. The number of methoxy groups -OCH3 is 1. The summed E-state index contributed by atoms with van der Waals surface area (Å²) in [5, 5.41) is 2.96. The molecule has 1 heterocycles. The van der Waals surface area contributed by atoms with Gasteiger partial charge in [-0.3, -0.25) is 25.4 Å². The first-order chi connectivity index (χ1) is 14.5. The fourth-order valence-corrected chi connectivity index (χ4v) is 3.21. The van der Waals surface area contributed by atoms with E-state index in [9.17, 15) is 9.59 Å². The smallest absolute Gasteiger partial charge is 0.271 e. The van der Waals surface area contributed by atoms with Crippen molar-refractivity contribution < 1.29 is 14.3 Å². The molecule has 0 aliphatic heterocycles. The van der Waals surface area contributed by atoms with Crippen molar-refractivity contribution in [3.63, 3.8) is 0 Å². The lowest BCUT2D eigenvalue weighted by molar-refractivity contribution is -0.120. The molecule has 0 aliphatic rings. The van der Waals surface area contributed by atoms with Crippen LogP contribution in [0.15, 0.2) is 65.1 Å². The molecule has 0 atom stereocenters. The van der Waals surface area contributed by atoms with E-state index in [4.69, 9.17) is 4.74 Å². The molecule has 2 aromatic carbocycles. The number of carbonyl (C=O) groups excluding carboxylic acids is 2. The molecule has 0 spiro atoms. The number of nitrogens with zero attached hydrogens (tertiary/aromatic N) is 1. The normalized spacial score (nSPS) is 10.2. The van der Waals surface area contributed by atoms with Crippen LogP contribution >= 0.6 is 15.9 Å². The highest BCUT2D eigenvalue weighted by Crippen LogP contribution is 2.23. The molecule has 0 aliphatic carbocycles. The number of aromatic nitrogens is 1.